The number of ether oxygens (including phenoxy) is 1. The molecular formula is C23H16Cl2N2O4. The number of aromatic nitrogens is 1. The van der Waals surface area contributed by atoms with E-state index in [0.29, 0.717) is 22.2 Å². The van der Waals surface area contributed by atoms with Gasteiger partial charge in [-0.1, -0.05) is 29.3 Å². The van der Waals surface area contributed by atoms with Gasteiger partial charge in [-0.25, -0.2) is 0 Å². The molecule has 0 radical (unpaired) electrons. The van der Waals surface area contributed by atoms with Crippen LogP contribution in [0.15, 0.2) is 72.4 Å². The standard InChI is InChI=1S/C23H16Cl2N2O4/c1-31-18-10-5-13(12-16(18)25)21(28)19-20(17-4-2-3-11-26-17)27(23(30)22(19)29)15-8-6-14(24)7-9-15/h2-12,20,28H,1H3/b21-19-. The van der Waals surface area contributed by atoms with Crippen molar-refractivity contribution in [2.45, 2.75) is 6.04 Å². The van der Waals surface area contributed by atoms with Crippen LogP contribution in [0.3, 0.4) is 0 Å². The maximum Gasteiger partial charge on any atom is 0.300 e. The third-order valence-corrected chi connectivity index (χ3v) is 5.49. The highest BCUT2D eigenvalue weighted by atomic mass is 35.5. The molecule has 6 nitrogen and oxygen atoms in total. The Kier molecular flexibility index (Phi) is 5.67. The second kappa shape index (κ2) is 8.41. The molecule has 0 aliphatic carbocycles. The van der Waals surface area contributed by atoms with Gasteiger partial charge in [0, 0.05) is 22.5 Å². The van der Waals surface area contributed by atoms with Gasteiger partial charge in [-0.2, -0.15) is 0 Å². The summed E-state index contributed by atoms with van der Waals surface area (Å²) in [5.74, 6) is -1.54. The molecule has 31 heavy (non-hydrogen) atoms. The monoisotopic (exact) mass is 454 g/mol. The van der Waals surface area contributed by atoms with Gasteiger partial charge in [0.1, 0.15) is 17.6 Å². The fourth-order valence-electron chi connectivity index (χ4n) is 3.49. The minimum absolute atomic E-state index is 0.0834. The largest absolute Gasteiger partial charge is 0.507 e. The number of benzene rings is 2. The van der Waals surface area contributed by atoms with Crippen LogP contribution in [0, 0.1) is 0 Å². The van der Waals surface area contributed by atoms with Gasteiger partial charge in [0.15, 0.2) is 0 Å². The van der Waals surface area contributed by atoms with Gasteiger partial charge >= 0.3 is 0 Å². The highest BCUT2D eigenvalue weighted by Crippen LogP contribution is 2.42. The molecule has 1 fully saturated rings. The smallest absolute Gasteiger partial charge is 0.300 e. The Hall–Kier alpha value is -3.35. The molecular weight excluding hydrogens is 439 g/mol. The Morgan fingerprint density at radius 2 is 1.81 bits per heavy atom. The number of pyridine rings is 1. The van der Waals surface area contributed by atoms with Crippen LogP contribution in [0.1, 0.15) is 17.3 Å². The molecule has 1 amide bonds. The molecule has 1 aliphatic rings. The first-order valence-electron chi connectivity index (χ1n) is 9.23. The first kappa shape index (κ1) is 20.9. The van der Waals surface area contributed by atoms with Gasteiger partial charge in [-0.3, -0.25) is 19.5 Å². The van der Waals surface area contributed by atoms with Gasteiger partial charge in [0.05, 0.1) is 23.4 Å². The summed E-state index contributed by atoms with van der Waals surface area (Å²) >= 11 is 12.2. The van der Waals surface area contributed by atoms with Gasteiger partial charge in [0.2, 0.25) is 0 Å². The van der Waals surface area contributed by atoms with Crippen molar-refractivity contribution in [2.24, 2.45) is 0 Å². The van der Waals surface area contributed by atoms with E-state index in [1.807, 2.05) is 0 Å². The highest BCUT2D eigenvalue weighted by Gasteiger charge is 2.47. The molecule has 1 aliphatic heterocycles. The van der Waals surface area contributed by atoms with Gasteiger partial charge in [0.25, 0.3) is 11.7 Å². The minimum atomic E-state index is -0.928. The Bertz CT molecular complexity index is 1190. The highest BCUT2D eigenvalue weighted by molar-refractivity contribution is 6.51. The number of anilines is 1. The maximum atomic E-state index is 13.0. The summed E-state index contributed by atoms with van der Waals surface area (Å²) in [7, 11) is 1.47. The molecule has 1 aromatic heterocycles. The molecule has 3 aromatic rings. The molecule has 1 saturated heterocycles. The van der Waals surface area contributed by atoms with E-state index in [0.717, 1.165) is 0 Å². The van der Waals surface area contributed by atoms with Crippen LogP contribution in [-0.4, -0.2) is 28.9 Å². The van der Waals surface area contributed by atoms with Crippen molar-refractivity contribution in [1.29, 1.82) is 0 Å². The molecule has 0 saturated carbocycles. The fourth-order valence-corrected chi connectivity index (χ4v) is 3.87. The Balaban J connectivity index is 1.92. The zero-order chi connectivity index (χ0) is 22.1. The lowest BCUT2D eigenvalue weighted by Crippen LogP contribution is -2.29. The summed E-state index contributed by atoms with van der Waals surface area (Å²) < 4.78 is 5.14. The summed E-state index contributed by atoms with van der Waals surface area (Å²) in [6.07, 6.45) is 1.56. The van der Waals surface area contributed by atoms with Crippen molar-refractivity contribution in [2.75, 3.05) is 12.0 Å². The van der Waals surface area contributed by atoms with Gasteiger partial charge in [-0.15, -0.1) is 0 Å². The lowest BCUT2D eigenvalue weighted by molar-refractivity contribution is -0.132. The number of hydrogen-bond donors (Lipinski definition) is 1. The van der Waals surface area contributed by atoms with E-state index < -0.39 is 17.7 Å². The van der Waals surface area contributed by atoms with Crippen molar-refractivity contribution in [3.8, 4) is 5.75 Å². The van der Waals surface area contributed by atoms with Crippen molar-refractivity contribution in [3.05, 3.63) is 93.7 Å². The average Bonchev–Trinajstić information content (AvgIpc) is 3.05. The van der Waals surface area contributed by atoms with Gasteiger partial charge < -0.3 is 9.84 Å². The number of nitrogens with zero attached hydrogens (tertiary/aromatic N) is 2. The first-order valence-corrected chi connectivity index (χ1v) is 9.99. The number of ketones is 1. The number of halogens is 2. The van der Waals surface area contributed by atoms with E-state index in [9.17, 15) is 14.7 Å². The van der Waals surface area contributed by atoms with E-state index in [1.165, 1.54) is 18.1 Å². The van der Waals surface area contributed by atoms with E-state index in [1.54, 1.807) is 60.8 Å². The molecule has 8 heteroatoms. The summed E-state index contributed by atoms with van der Waals surface area (Å²) in [5, 5.41) is 11.8. The Morgan fingerprint density at radius 3 is 2.42 bits per heavy atom. The summed E-state index contributed by atoms with van der Waals surface area (Å²) in [4.78, 5) is 31.7. The number of aliphatic hydroxyl groups is 1. The zero-order valence-electron chi connectivity index (χ0n) is 16.3. The number of Topliss-reactive ketones (excluding diaryl/α,β-unsaturated/α-hetero) is 1. The van der Waals surface area contributed by atoms with Crippen molar-refractivity contribution >= 4 is 46.3 Å². The molecule has 0 bridgehead atoms. The Labute approximate surface area is 188 Å². The van der Waals surface area contributed by atoms with Crippen molar-refractivity contribution < 1.29 is 19.4 Å². The SMILES string of the molecule is COc1ccc(/C(O)=C2/C(=O)C(=O)N(c3ccc(Cl)cc3)C2c2ccccn2)cc1Cl. The van der Waals surface area contributed by atoms with Crippen LogP contribution in [0.2, 0.25) is 10.0 Å². The van der Waals surface area contributed by atoms with Crippen molar-refractivity contribution in [1.82, 2.24) is 4.98 Å². The molecule has 4 rings (SSSR count). The molecule has 2 aromatic carbocycles. The van der Waals surface area contributed by atoms with E-state index in [2.05, 4.69) is 4.98 Å². The zero-order valence-corrected chi connectivity index (χ0v) is 17.8. The number of hydrogen-bond acceptors (Lipinski definition) is 5. The summed E-state index contributed by atoms with van der Waals surface area (Å²) in [6.45, 7) is 0. The van der Waals surface area contributed by atoms with Crippen LogP contribution in [-0.2, 0) is 9.59 Å². The second-order valence-electron chi connectivity index (χ2n) is 6.75. The third kappa shape index (κ3) is 3.76. The predicted octanol–water partition coefficient (Wildman–Crippen LogP) is 5.02. The molecule has 1 atom stereocenters. The van der Waals surface area contributed by atoms with Crippen molar-refractivity contribution in [3.63, 3.8) is 0 Å². The molecule has 1 N–H and O–H groups in total. The normalized spacial score (nSPS) is 17.8. The number of methoxy groups -OCH3 is 1. The van der Waals surface area contributed by atoms with Gasteiger partial charge in [-0.05, 0) is 54.6 Å². The third-order valence-electron chi connectivity index (χ3n) is 4.94. The fraction of sp³-hybridized carbons (Fsp3) is 0.0870. The van der Waals surface area contributed by atoms with Crippen LogP contribution >= 0.6 is 23.2 Å². The molecule has 0 spiro atoms. The summed E-state index contributed by atoms with van der Waals surface area (Å²) in [5.41, 5.74) is 1.08. The maximum absolute atomic E-state index is 13.0. The Morgan fingerprint density at radius 1 is 1.06 bits per heavy atom. The summed E-state index contributed by atoms with van der Waals surface area (Å²) in [6, 6.07) is 15.3. The number of rotatable bonds is 4. The molecule has 2 heterocycles. The number of carbonyl (C=O) groups excluding carboxylic acids is 2. The van der Waals surface area contributed by atoms with Crippen LogP contribution in [0.4, 0.5) is 5.69 Å². The van der Waals surface area contributed by atoms with Crippen LogP contribution in [0.25, 0.3) is 5.76 Å². The lowest BCUT2D eigenvalue weighted by atomic mass is 9.98. The van der Waals surface area contributed by atoms with E-state index >= 15 is 0 Å². The van der Waals surface area contributed by atoms with E-state index in [-0.39, 0.29) is 21.9 Å². The topological polar surface area (TPSA) is 79.7 Å². The quantitative estimate of drug-likeness (QED) is 0.340. The lowest BCUT2D eigenvalue weighted by Gasteiger charge is -2.24. The first-order chi connectivity index (χ1) is 14.9. The van der Waals surface area contributed by atoms with E-state index in [4.69, 9.17) is 27.9 Å². The predicted molar refractivity (Wildman–Crippen MR) is 118 cm³/mol. The van der Waals surface area contributed by atoms with Crippen LogP contribution < -0.4 is 9.64 Å². The molecule has 1 unspecified atom stereocenters. The minimum Gasteiger partial charge on any atom is -0.507 e. The second-order valence-corrected chi connectivity index (χ2v) is 7.59. The average molecular weight is 455 g/mol. The number of aliphatic hydroxyl groups excluding tert-OH is 1. The number of carbonyl (C=O) groups is 2. The molecule has 156 valence electrons. The number of amides is 1. The van der Waals surface area contributed by atoms with Crippen LogP contribution in [0.5, 0.6) is 5.75 Å².